The molecule has 0 unspecified atom stereocenters. The van der Waals surface area contributed by atoms with E-state index in [2.05, 4.69) is 14.7 Å². The van der Waals surface area contributed by atoms with E-state index < -0.39 is 38.9 Å². The predicted molar refractivity (Wildman–Crippen MR) is 146 cm³/mol. The number of phenols is 1. The lowest BCUT2D eigenvalue weighted by molar-refractivity contribution is 0.103. The van der Waals surface area contributed by atoms with Crippen LogP contribution >= 0.6 is 0 Å². The number of benzene rings is 3. The largest absolute Gasteiger partial charge is 0.507 e. The van der Waals surface area contributed by atoms with Crippen LogP contribution in [0.4, 0.5) is 20.2 Å². The lowest BCUT2D eigenvalue weighted by Crippen LogP contribution is -2.33. The smallest absolute Gasteiger partial charge is 0.323 e. The summed E-state index contributed by atoms with van der Waals surface area (Å²) in [7, 11) is -3.07. The van der Waals surface area contributed by atoms with Crippen molar-refractivity contribution in [2.75, 3.05) is 16.1 Å². The molecule has 3 aromatic carbocycles. The van der Waals surface area contributed by atoms with Gasteiger partial charge in [0.05, 0.1) is 22.5 Å². The van der Waals surface area contributed by atoms with E-state index in [1.165, 1.54) is 43.7 Å². The number of hydrogen-bond acceptors (Lipinski definition) is 6. The number of aromatic hydroxyl groups is 1. The monoisotopic (exact) mass is 562 g/mol. The molecule has 5 aromatic rings. The summed E-state index contributed by atoms with van der Waals surface area (Å²) in [6.45, 7) is 0. The first-order valence-electron chi connectivity index (χ1n) is 11.7. The van der Waals surface area contributed by atoms with Crippen molar-refractivity contribution in [2.45, 2.75) is 0 Å². The highest BCUT2D eigenvalue weighted by molar-refractivity contribution is 7.94. The molecule has 2 heterocycles. The van der Waals surface area contributed by atoms with Crippen molar-refractivity contribution >= 4 is 44.7 Å². The van der Waals surface area contributed by atoms with E-state index in [1.54, 1.807) is 30.3 Å². The molecule has 0 radical (unpaired) electrons. The van der Waals surface area contributed by atoms with Crippen LogP contribution in [0.2, 0.25) is 0 Å². The molecule has 0 aliphatic rings. The average Bonchev–Trinajstić information content (AvgIpc) is 3.38. The lowest BCUT2D eigenvalue weighted by atomic mass is 9.99. The van der Waals surface area contributed by atoms with E-state index >= 15 is 4.39 Å². The molecule has 0 atom stereocenters. The number of pyridine rings is 1. The summed E-state index contributed by atoms with van der Waals surface area (Å²) in [6, 6.07) is 15.6. The molecule has 0 aliphatic carbocycles. The zero-order valence-corrected chi connectivity index (χ0v) is 21.5. The zero-order chi connectivity index (χ0) is 28.6. The molecule has 0 spiro atoms. The molecule has 0 fully saturated rings. The van der Waals surface area contributed by atoms with Crippen molar-refractivity contribution in [3.05, 3.63) is 107 Å². The van der Waals surface area contributed by atoms with Crippen LogP contribution in [0.3, 0.4) is 0 Å². The third-order valence-corrected chi connectivity index (χ3v) is 7.71. The molecule has 0 saturated carbocycles. The molecule has 0 aliphatic heterocycles. The number of H-pyrrole nitrogens is 1. The van der Waals surface area contributed by atoms with Gasteiger partial charge in [-0.05, 0) is 48.0 Å². The van der Waals surface area contributed by atoms with Gasteiger partial charge < -0.3 is 10.1 Å². The molecule has 0 bridgehead atoms. The number of carbonyl (C=O) groups is 2. The van der Waals surface area contributed by atoms with Gasteiger partial charge in [-0.15, -0.1) is 0 Å². The Kier molecular flexibility index (Phi) is 6.78. The summed E-state index contributed by atoms with van der Waals surface area (Å²) in [5.74, 6) is -3.87. The van der Waals surface area contributed by atoms with Crippen LogP contribution in [0, 0.1) is 11.6 Å². The fourth-order valence-corrected chi connectivity index (χ4v) is 5.10. The summed E-state index contributed by atoms with van der Waals surface area (Å²) in [4.78, 5) is 31.5. The quantitative estimate of drug-likeness (QED) is 0.179. The number of para-hydroxylation sites is 1. The van der Waals surface area contributed by atoms with Gasteiger partial charge in [-0.1, -0.05) is 24.3 Å². The van der Waals surface area contributed by atoms with Crippen LogP contribution in [0.1, 0.15) is 26.3 Å². The number of carbonyl (C=O) groups excluding carboxylic acids is 2. The van der Waals surface area contributed by atoms with Crippen molar-refractivity contribution in [2.24, 2.45) is 0 Å². The Hall–Kier alpha value is -5.10. The number of halogens is 2. The number of fused-ring (bicyclic) bond motifs is 1. The average molecular weight is 563 g/mol. The van der Waals surface area contributed by atoms with Gasteiger partial charge in [0, 0.05) is 36.0 Å². The third-order valence-electron chi connectivity index (χ3n) is 6.30. The first-order valence-corrected chi connectivity index (χ1v) is 13.1. The Morgan fingerprint density at radius 1 is 1.05 bits per heavy atom. The predicted octanol–water partition coefficient (Wildman–Crippen LogP) is 5.05. The van der Waals surface area contributed by atoms with Crippen LogP contribution in [-0.2, 0) is 10.2 Å². The number of phenolic OH excluding ortho intramolecular Hbond substituents is 1. The lowest BCUT2D eigenvalue weighted by Gasteiger charge is -2.21. The number of aromatic nitrogens is 2. The molecular weight excluding hydrogens is 542 g/mol. The van der Waals surface area contributed by atoms with E-state index in [-0.39, 0.29) is 27.9 Å². The first-order chi connectivity index (χ1) is 19.1. The van der Waals surface area contributed by atoms with Crippen LogP contribution in [-0.4, -0.2) is 42.6 Å². The highest BCUT2D eigenvalue weighted by Gasteiger charge is 2.27. The second-order valence-electron chi connectivity index (χ2n) is 8.74. The van der Waals surface area contributed by atoms with E-state index in [4.69, 9.17) is 0 Å². The fraction of sp³-hybridized carbons (Fsp3) is 0.0357. The summed E-state index contributed by atoms with van der Waals surface area (Å²) < 4.78 is 59.1. The Morgan fingerprint density at radius 3 is 2.50 bits per heavy atom. The second kappa shape index (κ2) is 10.2. The van der Waals surface area contributed by atoms with Crippen LogP contribution in [0.5, 0.6) is 5.75 Å². The Balaban J connectivity index is 1.52. The minimum absolute atomic E-state index is 0.0896. The molecular formula is C28H20F2N4O5S. The number of nitrogens with one attached hydrogen (secondary N) is 2. The second-order valence-corrected chi connectivity index (χ2v) is 10.4. The Labute approximate surface area is 226 Å². The summed E-state index contributed by atoms with van der Waals surface area (Å²) >= 11 is 0. The van der Waals surface area contributed by atoms with Crippen LogP contribution in [0.25, 0.3) is 22.2 Å². The molecule has 9 nitrogen and oxygen atoms in total. The van der Waals surface area contributed by atoms with Crippen molar-refractivity contribution in [1.29, 1.82) is 0 Å². The number of aldehydes is 1. The molecule has 0 saturated heterocycles. The standard InChI is InChI=1S/C28H20F2N4O5S/c1-34(19-5-3-2-4-6-19)40(38,39)33-23-10-9-22(29)25(26(23)30)27(37)21-14-32-28-20(21)11-18(13-31-28)16-7-8-17(15-35)24(36)12-16/h2-15,33,36H,1H3,(H,31,32). The highest BCUT2D eigenvalue weighted by atomic mass is 32.2. The number of ketones is 1. The third kappa shape index (κ3) is 4.76. The van der Waals surface area contributed by atoms with E-state index in [9.17, 15) is 27.5 Å². The molecule has 2 aromatic heterocycles. The molecule has 3 N–H and O–H groups in total. The van der Waals surface area contributed by atoms with Crippen molar-refractivity contribution in [3.63, 3.8) is 0 Å². The summed E-state index contributed by atoms with van der Waals surface area (Å²) in [5, 5.41) is 10.3. The van der Waals surface area contributed by atoms with Gasteiger partial charge in [0.1, 0.15) is 17.2 Å². The van der Waals surface area contributed by atoms with Crippen molar-refractivity contribution in [1.82, 2.24) is 9.97 Å². The van der Waals surface area contributed by atoms with E-state index in [0.29, 0.717) is 23.1 Å². The van der Waals surface area contributed by atoms with Gasteiger partial charge >= 0.3 is 10.2 Å². The van der Waals surface area contributed by atoms with Gasteiger partial charge in [-0.2, -0.15) is 8.42 Å². The topological polar surface area (TPSA) is 132 Å². The SMILES string of the molecule is CN(c1ccccc1)S(=O)(=O)Nc1ccc(F)c(C(=O)c2c[nH]c3ncc(-c4ccc(C=O)c(O)c4)cc23)c1F. The first kappa shape index (κ1) is 26.5. The van der Waals surface area contributed by atoms with Crippen molar-refractivity contribution < 1.29 is 31.9 Å². The van der Waals surface area contributed by atoms with Gasteiger partial charge in [0.25, 0.3) is 0 Å². The summed E-state index contributed by atoms with van der Waals surface area (Å²) in [6.07, 6.45) is 3.21. The summed E-state index contributed by atoms with van der Waals surface area (Å²) in [5.41, 5.74) is -0.107. The number of anilines is 2. The normalized spacial score (nSPS) is 11.4. The number of nitrogens with zero attached hydrogens (tertiary/aromatic N) is 2. The molecule has 202 valence electrons. The molecule has 0 amide bonds. The maximum Gasteiger partial charge on any atom is 0.323 e. The minimum atomic E-state index is -4.33. The maximum atomic E-state index is 15.5. The van der Waals surface area contributed by atoms with Crippen molar-refractivity contribution in [3.8, 4) is 16.9 Å². The molecule has 40 heavy (non-hydrogen) atoms. The minimum Gasteiger partial charge on any atom is -0.507 e. The Morgan fingerprint density at radius 2 is 1.80 bits per heavy atom. The number of rotatable bonds is 8. The van der Waals surface area contributed by atoms with Gasteiger partial charge in [-0.3, -0.25) is 18.6 Å². The molecule has 5 rings (SSSR count). The van der Waals surface area contributed by atoms with E-state index in [1.807, 2.05) is 0 Å². The Bertz CT molecular complexity index is 1890. The van der Waals surface area contributed by atoms with Gasteiger partial charge in [0.2, 0.25) is 5.78 Å². The zero-order valence-electron chi connectivity index (χ0n) is 20.7. The number of hydrogen-bond donors (Lipinski definition) is 3. The van der Waals surface area contributed by atoms with Crippen LogP contribution < -0.4 is 9.03 Å². The van der Waals surface area contributed by atoms with Gasteiger partial charge in [-0.25, -0.2) is 13.8 Å². The fourth-order valence-electron chi connectivity index (χ4n) is 4.13. The highest BCUT2D eigenvalue weighted by Crippen LogP contribution is 2.31. The van der Waals surface area contributed by atoms with E-state index in [0.717, 1.165) is 16.4 Å². The van der Waals surface area contributed by atoms with Gasteiger partial charge in [0.15, 0.2) is 12.1 Å². The molecule has 12 heteroatoms. The maximum absolute atomic E-state index is 15.5. The van der Waals surface area contributed by atoms with Crippen LogP contribution in [0.15, 0.2) is 79.1 Å². The number of aromatic amines is 1.